The van der Waals surface area contributed by atoms with Crippen LogP contribution in [-0.4, -0.2) is 97.5 Å². The van der Waals surface area contributed by atoms with E-state index in [4.69, 9.17) is 20.7 Å². The summed E-state index contributed by atoms with van der Waals surface area (Å²) in [4.78, 5) is 26.4. The van der Waals surface area contributed by atoms with E-state index < -0.39 is 6.09 Å². The van der Waals surface area contributed by atoms with Crippen molar-refractivity contribution < 1.29 is 14.6 Å². The average molecular weight is 555 g/mol. The molecule has 7 rings (SSSR count). The zero-order chi connectivity index (χ0) is 27.9. The molecule has 11 heteroatoms. The molecule has 2 aromatic carbocycles. The molecule has 11 nitrogen and oxygen atoms in total. The van der Waals surface area contributed by atoms with Crippen molar-refractivity contribution in [2.75, 3.05) is 51.5 Å². The maximum Gasteiger partial charge on any atom is 0.407 e. The first-order valence-corrected chi connectivity index (χ1v) is 14.3. The van der Waals surface area contributed by atoms with Crippen LogP contribution in [0.1, 0.15) is 18.9 Å². The summed E-state index contributed by atoms with van der Waals surface area (Å²) in [6.07, 6.45) is 2.71. The number of fused-ring (bicyclic) bond motifs is 1. The van der Waals surface area contributed by atoms with Gasteiger partial charge in [0.05, 0.1) is 11.4 Å². The molecule has 0 spiro atoms. The second-order valence-electron chi connectivity index (χ2n) is 11.4. The van der Waals surface area contributed by atoms with Gasteiger partial charge in [0.15, 0.2) is 5.65 Å². The molecule has 0 saturated carbocycles. The summed E-state index contributed by atoms with van der Waals surface area (Å²) in [5.74, 6) is 2.46. The van der Waals surface area contributed by atoms with Gasteiger partial charge in [0.2, 0.25) is 0 Å². The maximum absolute atomic E-state index is 11.0. The van der Waals surface area contributed by atoms with Crippen LogP contribution in [0, 0.1) is 5.92 Å². The van der Waals surface area contributed by atoms with Gasteiger partial charge in [-0.3, -0.25) is 9.80 Å². The minimum atomic E-state index is -0.803. The Morgan fingerprint density at radius 1 is 0.927 bits per heavy atom. The molecular formula is C30H34N8O3. The Balaban J connectivity index is 1.00. The second-order valence-corrected chi connectivity index (χ2v) is 11.4. The zero-order valence-corrected chi connectivity index (χ0v) is 22.8. The highest BCUT2D eigenvalue weighted by Gasteiger charge is 2.38. The molecule has 5 heterocycles. The number of hydrogen-bond donors (Lipinski definition) is 2. The minimum absolute atomic E-state index is 0.241. The monoisotopic (exact) mass is 554 g/mol. The molecule has 2 aromatic heterocycles. The summed E-state index contributed by atoms with van der Waals surface area (Å²) in [7, 11) is 0. The Morgan fingerprint density at radius 2 is 1.63 bits per heavy atom. The fourth-order valence-corrected chi connectivity index (χ4v) is 6.38. The number of nitrogens with zero attached hydrogens (tertiary/aromatic N) is 7. The van der Waals surface area contributed by atoms with Gasteiger partial charge in [-0.25, -0.2) is 19.4 Å². The van der Waals surface area contributed by atoms with Crippen molar-refractivity contribution in [1.82, 2.24) is 34.4 Å². The van der Waals surface area contributed by atoms with Crippen molar-refractivity contribution in [2.24, 2.45) is 5.92 Å². The van der Waals surface area contributed by atoms with E-state index in [-0.39, 0.29) is 6.04 Å². The third kappa shape index (κ3) is 5.07. The molecule has 41 heavy (non-hydrogen) atoms. The van der Waals surface area contributed by atoms with E-state index in [1.165, 1.54) is 11.2 Å². The molecule has 3 fully saturated rings. The van der Waals surface area contributed by atoms with Crippen LogP contribution in [-0.2, 0) is 0 Å². The number of anilines is 1. The van der Waals surface area contributed by atoms with Crippen molar-refractivity contribution in [2.45, 2.75) is 24.9 Å². The first-order valence-electron chi connectivity index (χ1n) is 14.3. The minimum Gasteiger partial charge on any atom is -0.465 e. The van der Waals surface area contributed by atoms with Crippen molar-refractivity contribution in [3.05, 3.63) is 60.9 Å². The molecule has 0 radical (unpaired) electrons. The number of aromatic nitrogens is 4. The molecular weight excluding hydrogens is 520 g/mol. The number of nitrogen functional groups attached to an aromatic ring is 1. The molecule has 0 atom stereocenters. The third-order valence-corrected chi connectivity index (χ3v) is 8.67. The van der Waals surface area contributed by atoms with Crippen LogP contribution < -0.4 is 10.5 Å². The summed E-state index contributed by atoms with van der Waals surface area (Å²) in [5, 5.41) is 14.9. The van der Waals surface area contributed by atoms with Crippen LogP contribution in [0.5, 0.6) is 11.5 Å². The molecule has 3 aliphatic rings. The second kappa shape index (κ2) is 10.6. The summed E-state index contributed by atoms with van der Waals surface area (Å²) in [6.45, 7) is 6.50. The highest BCUT2D eigenvalue weighted by Crippen LogP contribution is 2.36. The van der Waals surface area contributed by atoms with Gasteiger partial charge in [0, 0.05) is 63.3 Å². The molecule has 0 bridgehead atoms. The number of likely N-dealkylation sites (tertiary alicyclic amines) is 3. The van der Waals surface area contributed by atoms with E-state index in [2.05, 4.69) is 24.4 Å². The smallest absolute Gasteiger partial charge is 0.407 e. The van der Waals surface area contributed by atoms with Crippen molar-refractivity contribution >= 4 is 22.9 Å². The number of nitrogens with two attached hydrogens (primary N) is 1. The molecule has 4 aromatic rings. The lowest BCUT2D eigenvalue weighted by molar-refractivity contribution is -0.0123. The standard InChI is InChI=1S/C30H34N8O3/c31-28-26-27(21-6-8-25(9-7-21)41-24-4-2-1-3-5-24)34-38(29(26)33-19-32-28)22-10-12-36(13-11-22)23-17-35(18-23)14-20-15-37(16-20)30(39)40/h1-9,19-20,22-23H,10-18H2,(H,39,40)(H2,31,32,33). The first-order chi connectivity index (χ1) is 20.0. The molecule has 3 saturated heterocycles. The van der Waals surface area contributed by atoms with E-state index in [0.717, 1.165) is 79.4 Å². The lowest BCUT2D eigenvalue weighted by Crippen LogP contribution is -2.63. The predicted molar refractivity (Wildman–Crippen MR) is 155 cm³/mol. The summed E-state index contributed by atoms with van der Waals surface area (Å²) in [6, 6.07) is 18.4. The third-order valence-electron chi connectivity index (χ3n) is 8.67. The largest absolute Gasteiger partial charge is 0.465 e. The lowest BCUT2D eigenvalue weighted by Gasteiger charge is -2.50. The number of carboxylic acid groups (broad SMARTS) is 1. The highest BCUT2D eigenvalue weighted by molar-refractivity contribution is 5.98. The number of carbonyl (C=O) groups is 1. The van der Waals surface area contributed by atoms with Gasteiger partial charge >= 0.3 is 6.09 Å². The van der Waals surface area contributed by atoms with E-state index in [1.807, 2.05) is 54.6 Å². The van der Waals surface area contributed by atoms with Crippen LogP contribution in [0.2, 0.25) is 0 Å². The number of ether oxygens (including phenoxy) is 1. The van der Waals surface area contributed by atoms with Gasteiger partial charge in [-0.1, -0.05) is 18.2 Å². The van der Waals surface area contributed by atoms with Crippen LogP contribution in [0.25, 0.3) is 22.3 Å². The normalized spacial score (nSPS) is 19.3. The van der Waals surface area contributed by atoms with Gasteiger partial charge in [0.1, 0.15) is 29.3 Å². The van der Waals surface area contributed by atoms with Gasteiger partial charge in [-0.15, -0.1) is 0 Å². The molecule has 0 aliphatic carbocycles. The molecule has 1 amide bonds. The van der Waals surface area contributed by atoms with Crippen molar-refractivity contribution in [3.8, 4) is 22.8 Å². The summed E-state index contributed by atoms with van der Waals surface area (Å²) in [5.41, 5.74) is 8.88. The number of benzene rings is 2. The highest BCUT2D eigenvalue weighted by atomic mass is 16.5. The summed E-state index contributed by atoms with van der Waals surface area (Å²) >= 11 is 0. The number of hydrogen-bond acceptors (Lipinski definition) is 8. The predicted octanol–water partition coefficient (Wildman–Crippen LogP) is 3.80. The van der Waals surface area contributed by atoms with E-state index in [0.29, 0.717) is 30.9 Å². The zero-order valence-electron chi connectivity index (χ0n) is 22.8. The molecule has 212 valence electrons. The Kier molecular flexibility index (Phi) is 6.68. The fourth-order valence-electron chi connectivity index (χ4n) is 6.38. The Morgan fingerprint density at radius 3 is 2.34 bits per heavy atom. The van der Waals surface area contributed by atoms with Crippen molar-refractivity contribution in [1.29, 1.82) is 0 Å². The van der Waals surface area contributed by atoms with Gasteiger partial charge in [-0.2, -0.15) is 5.10 Å². The Bertz CT molecular complexity index is 1520. The maximum atomic E-state index is 11.0. The van der Waals surface area contributed by atoms with Gasteiger partial charge in [0.25, 0.3) is 0 Å². The lowest BCUT2D eigenvalue weighted by atomic mass is 9.95. The van der Waals surface area contributed by atoms with Crippen LogP contribution in [0.4, 0.5) is 10.6 Å². The van der Waals surface area contributed by atoms with E-state index >= 15 is 0 Å². The van der Waals surface area contributed by atoms with Gasteiger partial charge < -0.3 is 20.5 Å². The van der Waals surface area contributed by atoms with Crippen LogP contribution in [0.3, 0.4) is 0 Å². The quantitative estimate of drug-likeness (QED) is 0.351. The number of piperidine rings is 1. The van der Waals surface area contributed by atoms with Gasteiger partial charge in [-0.05, 0) is 49.2 Å². The van der Waals surface area contributed by atoms with Crippen molar-refractivity contribution in [3.63, 3.8) is 0 Å². The van der Waals surface area contributed by atoms with E-state index in [1.54, 1.807) is 0 Å². The van der Waals surface area contributed by atoms with Crippen LogP contribution in [0.15, 0.2) is 60.9 Å². The number of amides is 1. The molecule has 0 unspecified atom stereocenters. The van der Waals surface area contributed by atoms with Crippen LogP contribution >= 0.6 is 0 Å². The molecule has 3 N–H and O–H groups in total. The van der Waals surface area contributed by atoms with E-state index in [9.17, 15) is 4.79 Å². The fraction of sp³-hybridized carbons (Fsp3) is 0.400. The first kappa shape index (κ1) is 25.7. The topological polar surface area (TPSA) is 126 Å². The number of rotatable bonds is 7. The number of para-hydroxylation sites is 1. The SMILES string of the molecule is Nc1ncnc2c1c(-c1ccc(Oc3ccccc3)cc1)nn2C1CCN(C2CN(CC3CN(C(=O)O)C3)C2)CC1. The Labute approximate surface area is 238 Å². The Hall–Kier alpha value is -4.22. The summed E-state index contributed by atoms with van der Waals surface area (Å²) < 4.78 is 8.03. The average Bonchev–Trinajstić information content (AvgIpc) is 3.33. The molecule has 3 aliphatic heterocycles.